The molecule has 0 aliphatic heterocycles. The average molecular weight is 286 g/mol. The van der Waals surface area contributed by atoms with E-state index in [0.717, 1.165) is 17.2 Å². The van der Waals surface area contributed by atoms with Crippen molar-refractivity contribution in [1.82, 2.24) is 4.90 Å². The molecule has 0 heterocycles. The second-order valence-electron chi connectivity index (χ2n) is 4.31. The monoisotopic (exact) mass is 285 g/mol. The van der Waals surface area contributed by atoms with Gasteiger partial charge in [-0.1, -0.05) is 30.3 Å². The number of benzene rings is 1. The summed E-state index contributed by atoms with van der Waals surface area (Å²) in [6.07, 6.45) is -0.0365. The highest BCUT2D eigenvalue weighted by atomic mass is 35.5. The number of hydrogen-bond donors (Lipinski definition) is 1. The summed E-state index contributed by atoms with van der Waals surface area (Å²) in [5.74, 6) is -0.347. The number of rotatable bonds is 6. The molecular formula is C14H17ClFNO2. The minimum Gasteiger partial charge on any atom is -0.389 e. The molecule has 0 aliphatic carbocycles. The highest BCUT2D eigenvalue weighted by molar-refractivity contribution is 6.31. The van der Waals surface area contributed by atoms with Crippen LogP contribution in [0.4, 0.5) is 4.39 Å². The molecule has 19 heavy (non-hydrogen) atoms. The molecule has 0 spiro atoms. The van der Waals surface area contributed by atoms with Crippen LogP contribution in [0.5, 0.6) is 0 Å². The van der Waals surface area contributed by atoms with Crippen LogP contribution in [0.15, 0.2) is 30.9 Å². The minimum atomic E-state index is -1.18. The zero-order valence-electron chi connectivity index (χ0n) is 10.8. The molecule has 0 bridgehead atoms. The van der Waals surface area contributed by atoms with Crippen LogP contribution in [0, 0.1) is 6.92 Å². The molecule has 0 radical (unpaired) electrons. The Kier molecular flexibility index (Phi) is 5.99. The highest BCUT2D eigenvalue weighted by Crippen LogP contribution is 2.17. The first kappa shape index (κ1) is 15.7. The summed E-state index contributed by atoms with van der Waals surface area (Å²) in [5, 5.41) is 9.97. The molecule has 0 aromatic heterocycles. The third-order valence-electron chi connectivity index (χ3n) is 2.69. The SMILES string of the molecule is C=CC(=O)N(Cc1ccc(Cl)c(C)c1)CC(O)CF. The van der Waals surface area contributed by atoms with Crippen molar-refractivity contribution in [3.05, 3.63) is 47.0 Å². The van der Waals surface area contributed by atoms with Crippen LogP contribution in [0.2, 0.25) is 5.02 Å². The number of carbonyl (C=O) groups excluding carboxylic acids is 1. The number of aryl methyl sites for hydroxylation is 1. The van der Waals surface area contributed by atoms with E-state index in [-0.39, 0.29) is 19.0 Å². The van der Waals surface area contributed by atoms with Gasteiger partial charge in [0.25, 0.3) is 0 Å². The predicted molar refractivity (Wildman–Crippen MR) is 73.8 cm³/mol. The molecule has 0 saturated heterocycles. The third kappa shape index (κ3) is 4.65. The number of hydrogen-bond acceptors (Lipinski definition) is 2. The zero-order valence-corrected chi connectivity index (χ0v) is 11.5. The Balaban J connectivity index is 2.84. The van der Waals surface area contributed by atoms with E-state index in [1.165, 1.54) is 4.90 Å². The summed E-state index contributed by atoms with van der Waals surface area (Å²) < 4.78 is 12.3. The summed E-state index contributed by atoms with van der Waals surface area (Å²) in [7, 11) is 0. The van der Waals surface area contributed by atoms with E-state index >= 15 is 0 Å². The summed E-state index contributed by atoms with van der Waals surface area (Å²) >= 11 is 5.93. The molecule has 0 fully saturated rings. The van der Waals surface area contributed by atoms with Gasteiger partial charge in [0, 0.05) is 18.1 Å². The number of halogens is 2. The lowest BCUT2D eigenvalue weighted by Gasteiger charge is -2.23. The second-order valence-corrected chi connectivity index (χ2v) is 4.72. The Labute approximate surface area is 117 Å². The van der Waals surface area contributed by atoms with E-state index < -0.39 is 12.8 Å². The van der Waals surface area contributed by atoms with Gasteiger partial charge >= 0.3 is 0 Å². The van der Waals surface area contributed by atoms with Crippen LogP contribution in [0.1, 0.15) is 11.1 Å². The van der Waals surface area contributed by atoms with Crippen LogP contribution < -0.4 is 0 Å². The fraction of sp³-hybridized carbons (Fsp3) is 0.357. The maximum Gasteiger partial charge on any atom is 0.246 e. The van der Waals surface area contributed by atoms with Crippen molar-refractivity contribution >= 4 is 17.5 Å². The van der Waals surface area contributed by atoms with E-state index in [1.807, 2.05) is 13.0 Å². The van der Waals surface area contributed by atoms with Gasteiger partial charge in [-0.15, -0.1) is 0 Å². The molecular weight excluding hydrogens is 269 g/mol. The van der Waals surface area contributed by atoms with Gasteiger partial charge in [0.05, 0.1) is 6.10 Å². The number of amides is 1. The Morgan fingerprint density at radius 1 is 1.63 bits per heavy atom. The van der Waals surface area contributed by atoms with E-state index in [2.05, 4.69) is 6.58 Å². The predicted octanol–water partition coefficient (Wildman–Crippen LogP) is 2.49. The maximum atomic E-state index is 12.3. The lowest BCUT2D eigenvalue weighted by molar-refractivity contribution is -0.128. The zero-order chi connectivity index (χ0) is 14.4. The van der Waals surface area contributed by atoms with Gasteiger partial charge in [-0.2, -0.15) is 0 Å². The molecule has 1 atom stereocenters. The molecule has 5 heteroatoms. The van der Waals surface area contributed by atoms with Crippen molar-refractivity contribution in [1.29, 1.82) is 0 Å². The Hall–Kier alpha value is -1.39. The average Bonchev–Trinajstić information content (AvgIpc) is 2.41. The molecule has 1 amide bonds. The number of aliphatic hydroxyl groups excluding tert-OH is 1. The standard InChI is InChI=1S/C14H17ClFNO2/c1-3-14(19)17(9-12(18)7-16)8-11-4-5-13(15)10(2)6-11/h3-6,12,18H,1,7-9H2,2H3. The van der Waals surface area contributed by atoms with Crippen molar-refractivity contribution in [3.8, 4) is 0 Å². The Bertz CT molecular complexity index is 465. The fourth-order valence-electron chi connectivity index (χ4n) is 1.69. The van der Waals surface area contributed by atoms with Gasteiger partial charge in [-0.05, 0) is 30.2 Å². The van der Waals surface area contributed by atoms with E-state index in [9.17, 15) is 14.3 Å². The summed E-state index contributed by atoms with van der Waals surface area (Å²) in [5.41, 5.74) is 1.76. The molecule has 1 aromatic rings. The van der Waals surface area contributed by atoms with Crippen molar-refractivity contribution in [2.24, 2.45) is 0 Å². The van der Waals surface area contributed by atoms with Crippen LogP contribution >= 0.6 is 11.6 Å². The van der Waals surface area contributed by atoms with E-state index in [4.69, 9.17) is 11.6 Å². The topological polar surface area (TPSA) is 40.5 Å². The molecule has 1 N–H and O–H groups in total. The van der Waals surface area contributed by atoms with Crippen molar-refractivity contribution < 1.29 is 14.3 Å². The lowest BCUT2D eigenvalue weighted by atomic mass is 10.1. The first-order valence-corrected chi connectivity index (χ1v) is 6.26. The Morgan fingerprint density at radius 3 is 2.84 bits per heavy atom. The molecule has 0 saturated carbocycles. The fourth-order valence-corrected chi connectivity index (χ4v) is 1.81. The Morgan fingerprint density at radius 2 is 2.32 bits per heavy atom. The first-order chi connectivity index (χ1) is 8.97. The first-order valence-electron chi connectivity index (χ1n) is 5.88. The van der Waals surface area contributed by atoms with Gasteiger partial charge < -0.3 is 10.0 Å². The van der Waals surface area contributed by atoms with Crippen LogP contribution in [0.3, 0.4) is 0 Å². The van der Waals surface area contributed by atoms with Crippen LogP contribution in [-0.2, 0) is 11.3 Å². The number of carbonyl (C=O) groups is 1. The van der Waals surface area contributed by atoms with E-state index in [0.29, 0.717) is 5.02 Å². The summed E-state index contributed by atoms with van der Waals surface area (Å²) in [6.45, 7) is 4.59. The normalized spacial score (nSPS) is 12.0. The third-order valence-corrected chi connectivity index (χ3v) is 3.12. The van der Waals surface area contributed by atoms with Gasteiger partial charge in [0.15, 0.2) is 0 Å². The minimum absolute atomic E-state index is 0.0664. The van der Waals surface area contributed by atoms with Gasteiger partial charge in [0.1, 0.15) is 6.67 Å². The van der Waals surface area contributed by atoms with E-state index in [1.54, 1.807) is 12.1 Å². The quantitative estimate of drug-likeness (QED) is 0.816. The van der Waals surface area contributed by atoms with Crippen molar-refractivity contribution in [2.45, 2.75) is 19.6 Å². The highest BCUT2D eigenvalue weighted by Gasteiger charge is 2.16. The molecule has 104 valence electrons. The summed E-state index contributed by atoms with van der Waals surface area (Å²) in [4.78, 5) is 13.0. The van der Waals surface area contributed by atoms with Gasteiger partial charge in [-0.3, -0.25) is 4.79 Å². The molecule has 1 aromatic carbocycles. The molecule has 1 rings (SSSR count). The van der Waals surface area contributed by atoms with Crippen LogP contribution in [0.25, 0.3) is 0 Å². The second kappa shape index (κ2) is 7.26. The summed E-state index contributed by atoms with van der Waals surface area (Å²) in [6, 6.07) is 5.39. The molecule has 0 aliphatic rings. The molecule has 1 unspecified atom stereocenters. The number of nitrogens with zero attached hydrogens (tertiary/aromatic N) is 1. The largest absolute Gasteiger partial charge is 0.389 e. The van der Waals surface area contributed by atoms with Crippen molar-refractivity contribution in [3.63, 3.8) is 0 Å². The number of alkyl halides is 1. The van der Waals surface area contributed by atoms with Crippen molar-refractivity contribution in [2.75, 3.05) is 13.2 Å². The smallest absolute Gasteiger partial charge is 0.246 e. The number of aliphatic hydroxyl groups is 1. The van der Waals surface area contributed by atoms with Crippen LogP contribution in [-0.4, -0.2) is 35.2 Å². The van der Waals surface area contributed by atoms with Gasteiger partial charge in [0.2, 0.25) is 5.91 Å². The lowest BCUT2D eigenvalue weighted by Crippen LogP contribution is -2.36. The van der Waals surface area contributed by atoms with Gasteiger partial charge in [-0.25, -0.2) is 4.39 Å². The maximum absolute atomic E-state index is 12.3. The molecule has 3 nitrogen and oxygen atoms in total.